The number of hydrogen-bond donors (Lipinski definition) is 1. The van der Waals surface area contributed by atoms with Gasteiger partial charge < -0.3 is 13.9 Å². The van der Waals surface area contributed by atoms with Gasteiger partial charge in [-0.25, -0.2) is 4.98 Å². The van der Waals surface area contributed by atoms with Crippen molar-refractivity contribution in [2.75, 3.05) is 6.26 Å². The summed E-state index contributed by atoms with van der Waals surface area (Å²) in [6.07, 6.45) is 2.84. The number of benzene rings is 2. The monoisotopic (exact) mass is 407 g/mol. The van der Waals surface area contributed by atoms with Gasteiger partial charge in [-0.1, -0.05) is 24.3 Å². The van der Waals surface area contributed by atoms with E-state index in [2.05, 4.69) is 4.98 Å². The van der Waals surface area contributed by atoms with E-state index in [4.69, 9.17) is 8.83 Å². The molecule has 1 N–H and O–H groups in total. The molecule has 0 amide bonds. The van der Waals surface area contributed by atoms with Crippen molar-refractivity contribution < 1.29 is 18.7 Å². The number of carboxylic acids is 1. The number of carboxylic acid groups (broad SMARTS) is 1. The highest BCUT2D eigenvalue weighted by atomic mass is 32.2. The van der Waals surface area contributed by atoms with Crippen LogP contribution >= 0.6 is 11.8 Å². The summed E-state index contributed by atoms with van der Waals surface area (Å²) >= 11 is 1.35. The maximum absolute atomic E-state index is 11.3. The quantitative estimate of drug-likeness (QED) is 0.445. The third kappa shape index (κ3) is 4.22. The molecule has 0 bridgehead atoms. The third-order valence-electron chi connectivity index (χ3n) is 4.87. The van der Waals surface area contributed by atoms with Crippen LogP contribution in [0.3, 0.4) is 0 Å². The summed E-state index contributed by atoms with van der Waals surface area (Å²) in [5.74, 6) is 1.39. The molecule has 2 aromatic carbocycles. The predicted molar refractivity (Wildman–Crippen MR) is 114 cm³/mol. The van der Waals surface area contributed by atoms with Crippen LogP contribution in [-0.4, -0.2) is 27.6 Å². The van der Waals surface area contributed by atoms with Crippen LogP contribution in [0.1, 0.15) is 22.8 Å². The molecule has 148 valence electrons. The Bertz CT molecular complexity index is 1150. The first kappa shape index (κ1) is 19.3. The van der Waals surface area contributed by atoms with Gasteiger partial charge in [-0.3, -0.25) is 4.79 Å². The van der Waals surface area contributed by atoms with Gasteiger partial charge in [0.2, 0.25) is 5.89 Å². The lowest BCUT2D eigenvalue weighted by atomic mass is 10.1. The van der Waals surface area contributed by atoms with Gasteiger partial charge in [0.05, 0.1) is 12.1 Å². The zero-order valence-corrected chi connectivity index (χ0v) is 17.0. The molecule has 0 fully saturated rings. The van der Waals surface area contributed by atoms with Gasteiger partial charge in [0, 0.05) is 10.9 Å². The smallest absolute Gasteiger partial charge is 0.316 e. The summed E-state index contributed by atoms with van der Waals surface area (Å²) in [6.45, 7) is 1.91. The van der Waals surface area contributed by atoms with E-state index in [1.165, 1.54) is 11.8 Å². The van der Waals surface area contributed by atoms with Crippen molar-refractivity contribution in [2.45, 2.75) is 25.0 Å². The maximum Gasteiger partial charge on any atom is 0.316 e. The molecule has 5 nitrogen and oxygen atoms in total. The Morgan fingerprint density at radius 2 is 1.93 bits per heavy atom. The van der Waals surface area contributed by atoms with Crippen LogP contribution < -0.4 is 0 Å². The SMILES string of the molecule is CSC(Cc1ccc2oc(Cc3nc(-c4ccccc4)oc3C)cc2c1)C(=O)O. The van der Waals surface area contributed by atoms with E-state index in [0.29, 0.717) is 18.7 Å². The molecule has 6 heteroatoms. The number of oxazole rings is 1. The van der Waals surface area contributed by atoms with Crippen LogP contribution in [0.4, 0.5) is 0 Å². The number of nitrogens with zero attached hydrogens (tertiary/aromatic N) is 1. The number of carbonyl (C=O) groups is 1. The molecule has 0 saturated carbocycles. The van der Waals surface area contributed by atoms with Crippen LogP contribution in [0.15, 0.2) is 63.4 Å². The number of fused-ring (bicyclic) bond motifs is 1. The molecular formula is C23H21NO4S. The Balaban J connectivity index is 1.56. The number of rotatable bonds is 7. The molecule has 4 rings (SSSR count). The standard InChI is InChI=1S/C23H21NO4S/c1-14-19(24-22(27-14)16-6-4-3-5-7-16)13-18-12-17-10-15(8-9-20(17)28-18)11-21(29-2)23(25)26/h3-10,12,21H,11,13H2,1-2H3,(H,25,26). The summed E-state index contributed by atoms with van der Waals surface area (Å²) in [7, 11) is 0. The number of thioether (sulfide) groups is 1. The van der Waals surface area contributed by atoms with Crippen molar-refractivity contribution in [3.05, 3.63) is 77.4 Å². The highest BCUT2D eigenvalue weighted by Crippen LogP contribution is 2.27. The first-order valence-electron chi connectivity index (χ1n) is 9.32. The minimum absolute atomic E-state index is 0.451. The van der Waals surface area contributed by atoms with Crippen LogP contribution in [0.2, 0.25) is 0 Å². The second kappa shape index (κ2) is 8.17. The van der Waals surface area contributed by atoms with Gasteiger partial charge in [0.25, 0.3) is 0 Å². The fourth-order valence-electron chi connectivity index (χ4n) is 3.31. The van der Waals surface area contributed by atoms with Gasteiger partial charge in [-0.2, -0.15) is 0 Å². The lowest BCUT2D eigenvalue weighted by Gasteiger charge is -2.08. The van der Waals surface area contributed by atoms with E-state index >= 15 is 0 Å². The van der Waals surface area contributed by atoms with Crippen molar-refractivity contribution >= 4 is 28.7 Å². The van der Waals surface area contributed by atoms with E-state index in [-0.39, 0.29) is 0 Å². The van der Waals surface area contributed by atoms with Gasteiger partial charge in [-0.15, -0.1) is 11.8 Å². The van der Waals surface area contributed by atoms with Crippen molar-refractivity contribution in [1.29, 1.82) is 0 Å². The van der Waals surface area contributed by atoms with Crippen LogP contribution in [-0.2, 0) is 17.6 Å². The van der Waals surface area contributed by atoms with E-state index in [1.54, 1.807) is 0 Å². The molecule has 0 aliphatic heterocycles. The van der Waals surface area contributed by atoms with Gasteiger partial charge in [-0.05, 0) is 55.5 Å². The summed E-state index contributed by atoms with van der Waals surface area (Å²) < 4.78 is 11.8. The Morgan fingerprint density at radius 1 is 1.14 bits per heavy atom. The fourth-order valence-corrected chi connectivity index (χ4v) is 3.87. The Morgan fingerprint density at radius 3 is 2.66 bits per heavy atom. The lowest BCUT2D eigenvalue weighted by Crippen LogP contribution is -2.18. The lowest BCUT2D eigenvalue weighted by molar-refractivity contribution is -0.136. The molecule has 4 aromatic rings. The van der Waals surface area contributed by atoms with E-state index < -0.39 is 11.2 Å². The highest BCUT2D eigenvalue weighted by Gasteiger charge is 2.18. The number of furan rings is 1. The molecule has 2 aromatic heterocycles. The highest BCUT2D eigenvalue weighted by molar-refractivity contribution is 7.99. The Hall–Kier alpha value is -2.99. The second-order valence-corrected chi connectivity index (χ2v) is 7.96. The first-order chi connectivity index (χ1) is 14.0. The molecule has 29 heavy (non-hydrogen) atoms. The van der Waals surface area contributed by atoms with Gasteiger partial charge in [0.15, 0.2) is 0 Å². The molecule has 1 atom stereocenters. The van der Waals surface area contributed by atoms with E-state index in [9.17, 15) is 9.90 Å². The molecular weight excluding hydrogens is 386 g/mol. The minimum Gasteiger partial charge on any atom is -0.480 e. The largest absolute Gasteiger partial charge is 0.480 e. The summed E-state index contributed by atoms with van der Waals surface area (Å²) in [6, 6.07) is 17.6. The first-order valence-corrected chi connectivity index (χ1v) is 10.6. The summed E-state index contributed by atoms with van der Waals surface area (Å²) in [5, 5.41) is 9.79. The average molecular weight is 407 g/mol. The van der Waals surface area contributed by atoms with Crippen LogP contribution in [0.5, 0.6) is 0 Å². The molecule has 0 radical (unpaired) electrons. The Labute approximate surface area is 172 Å². The topological polar surface area (TPSA) is 76.5 Å². The van der Waals surface area contributed by atoms with Gasteiger partial charge >= 0.3 is 5.97 Å². The van der Waals surface area contributed by atoms with E-state index in [1.807, 2.05) is 67.8 Å². The average Bonchev–Trinajstić information content (AvgIpc) is 3.29. The van der Waals surface area contributed by atoms with Gasteiger partial charge in [0.1, 0.15) is 22.4 Å². The van der Waals surface area contributed by atoms with Crippen molar-refractivity contribution in [3.63, 3.8) is 0 Å². The number of hydrogen-bond acceptors (Lipinski definition) is 5. The molecule has 2 heterocycles. The molecule has 0 aliphatic rings. The van der Waals surface area contributed by atoms with E-state index in [0.717, 1.165) is 39.3 Å². The molecule has 0 aliphatic carbocycles. The van der Waals surface area contributed by atoms with Crippen LogP contribution in [0.25, 0.3) is 22.4 Å². The molecule has 0 saturated heterocycles. The van der Waals surface area contributed by atoms with Crippen molar-refractivity contribution in [2.24, 2.45) is 0 Å². The zero-order valence-electron chi connectivity index (χ0n) is 16.2. The molecule has 0 spiro atoms. The Kier molecular flexibility index (Phi) is 5.45. The maximum atomic E-state index is 11.3. The third-order valence-corrected chi connectivity index (χ3v) is 5.81. The van der Waals surface area contributed by atoms with Crippen LogP contribution in [0, 0.1) is 6.92 Å². The minimum atomic E-state index is -0.791. The second-order valence-electron chi connectivity index (χ2n) is 6.92. The molecule has 1 unspecified atom stereocenters. The number of aryl methyl sites for hydroxylation is 1. The van der Waals surface area contributed by atoms with Crippen molar-refractivity contribution in [1.82, 2.24) is 4.98 Å². The number of aliphatic carboxylic acids is 1. The summed E-state index contributed by atoms with van der Waals surface area (Å²) in [4.78, 5) is 15.9. The normalized spacial score (nSPS) is 12.3. The zero-order chi connectivity index (χ0) is 20.4. The fraction of sp³-hybridized carbons (Fsp3) is 0.217. The summed E-state index contributed by atoms with van der Waals surface area (Å²) in [5.41, 5.74) is 3.55. The number of aromatic nitrogens is 1. The van der Waals surface area contributed by atoms with Crippen molar-refractivity contribution in [3.8, 4) is 11.5 Å². The predicted octanol–water partition coefficient (Wildman–Crippen LogP) is 5.35.